The topological polar surface area (TPSA) is 66.6 Å². The number of amides is 1. The molecular weight excluding hydrogens is 318 g/mol. The quantitative estimate of drug-likeness (QED) is 0.935. The van der Waals surface area contributed by atoms with Gasteiger partial charge in [0.2, 0.25) is 5.91 Å². The summed E-state index contributed by atoms with van der Waals surface area (Å²) in [5.41, 5.74) is 1.38. The number of halogens is 2. The lowest BCUT2D eigenvalue weighted by atomic mass is 10.0. The van der Waals surface area contributed by atoms with Crippen molar-refractivity contribution < 1.29 is 23.2 Å². The fourth-order valence-electron chi connectivity index (χ4n) is 3.16. The van der Waals surface area contributed by atoms with Crippen molar-refractivity contribution in [2.45, 2.75) is 38.8 Å². The second kappa shape index (κ2) is 6.32. The lowest BCUT2D eigenvalue weighted by molar-refractivity contribution is -0.131. The van der Waals surface area contributed by atoms with Gasteiger partial charge < -0.3 is 14.5 Å². The van der Waals surface area contributed by atoms with Crippen LogP contribution < -0.4 is 0 Å². The second-order valence-corrected chi connectivity index (χ2v) is 6.10. The number of hydrogen-bond donors (Lipinski definition) is 1. The summed E-state index contributed by atoms with van der Waals surface area (Å²) in [6, 6.07) is 2.45. The summed E-state index contributed by atoms with van der Waals surface area (Å²) in [5, 5.41) is 13.7. The highest BCUT2D eigenvalue weighted by Crippen LogP contribution is 2.34. The number of aromatic nitrogens is 1. The molecule has 2 heterocycles. The maximum absolute atomic E-state index is 14.1. The molecule has 2 aromatic rings. The number of aliphatic hydroxyl groups excluding tert-OH is 1. The Bertz CT molecular complexity index is 756. The molecule has 24 heavy (non-hydrogen) atoms. The number of aryl methyl sites for hydroxylation is 2. The van der Waals surface area contributed by atoms with Crippen LogP contribution >= 0.6 is 0 Å². The van der Waals surface area contributed by atoms with Gasteiger partial charge in [-0.1, -0.05) is 5.16 Å². The van der Waals surface area contributed by atoms with Crippen molar-refractivity contribution in [1.82, 2.24) is 10.1 Å². The highest BCUT2D eigenvalue weighted by molar-refractivity contribution is 5.80. The zero-order valence-corrected chi connectivity index (χ0v) is 13.4. The predicted octanol–water partition coefficient (Wildman–Crippen LogP) is 2.45. The summed E-state index contributed by atoms with van der Waals surface area (Å²) >= 11 is 0. The van der Waals surface area contributed by atoms with Crippen LogP contribution in [0.25, 0.3) is 0 Å². The van der Waals surface area contributed by atoms with Gasteiger partial charge in [0.05, 0.1) is 24.3 Å². The van der Waals surface area contributed by atoms with E-state index in [0.29, 0.717) is 17.0 Å². The van der Waals surface area contributed by atoms with Crippen LogP contribution in [0.15, 0.2) is 22.7 Å². The minimum absolute atomic E-state index is 0.0430. The molecule has 1 N–H and O–H groups in total. The Hall–Kier alpha value is -2.28. The molecule has 7 heteroatoms. The van der Waals surface area contributed by atoms with Gasteiger partial charge in [0.1, 0.15) is 17.4 Å². The molecule has 5 nitrogen and oxygen atoms in total. The van der Waals surface area contributed by atoms with Crippen LogP contribution in [0.1, 0.15) is 35.0 Å². The Morgan fingerprint density at radius 3 is 2.83 bits per heavy atom. The van der Waals surface area contributed by atoms with Gasteiger partial charge in [-0.25, -0.2) is 8.78 Å². The zero-order chi connectivity index (χ0) is 17.4. The molecule has 1 saturated heterocycles. The van der Waals surface area contributed by atoms with Crippen molar-refractivity contribution in [1.29, 1.82) is 0 Å². The van der Waals surface area contributed by atoms with Crippen LogP contribution in [0.5, 0.6) is 0 Å². The van der Waals surface area contributed by atoms with Crippen LogP contribution in [0.2, 0.25) is 0 Å². The first kappa shape index (κ1) is 16.6. The molecule has 1 fully saturated rings. The molecule has 1 amide bonds. The van der Waals surface area contributed by atoms with E-state index in [2.05, 4.69) is 5.16 Å². The molecule has 1 aliphatic heterocycles. The number of carbonyl (C=O) groups excluding carboxylic acids is 1. The first-order valence-corrected chi connectivity index (χ1v) is 7.71. The number of carbonyl (C=O) groups is 1. The Morgan fingerprint density at radius 2 is 2.17 bits per heavy atom. The van der Waals surface area contributed by atoms with Crippen LogP contribution in [-0.2, 0) is 11.2 Å². The molecular formula is C17H18F2N2O3. The summed E-state index contributed by atoms with van der Waals surface area (Å²) in [7, 11) is 0. The van der Waals surface area contributed by atoms with Gasteiger partial charge in [0.25, 0.3) is 0 Å². The molecule has 3 rings (SSSR count). The van der Waals surface area contributed by atoms with Gasteiger partial charge in [-0.15, -0.1) is 0 Å². The van der Waals surface area contributed by atoms with Crippen molar-refractivity contribution >= 4 is 5.91 Å². The van der Waals surface area contributed by atoms with E-state index in [4.69, 9.17) is 4.52 Å². The van der Waals surface area contributed by atoms with E-state index in [9.17, 15) is 18.7 Å². The molecule has 1 aromatic heterocycles. The average molecular weight is 336 g/mol. The normalized spacial score (nSPS) is 20.6. The predicted molar refractivity (Wildman–Crippen MR) is 81.1 cm³/mol. The molecule has 1 aromatic carbocycles. The zero-order valence-electron chi connectivity index (χ0n) is 13.4. The molecule has 0 bridgehead atoms. The van der Waals surface area contributed by atoms with Crippen LogP contribution in [-0.4, -0.2) is 33.7 Å². The third kappa shape index (κ3) is 3.03. The van der Waals surface area contributed by atoms with Crippen LogP contribution in [0.3, 0.4) is 0 Å². The maximum atomic E-state index is 14.1. The van der Waals surface area contributed by atoms with E-state index < -0.39 is 23.8 Å². The SMILES string of the molecule is Cc1noc(C)c1CC(=O)N1C[C@H](O)C[C@H]1c1cc(F)ccc1F. The number of likely N-dealkylation sites (tertiary alicyclic amines) is 1. The average Bonchev–Trinajstić information content (AvgIpc) is 3.07. The molecule has 128 valence electrons. The van der Waals surface area contributed by atoms with E-state index >= 15 is 0 Å². The Labute approximate surface area is 137 Å². The molecule has 2 atom stereocenters. The molecule has 1 aliphatic rings. The standard InChI is InChI=1S/C17H18F2N2O3/c1-9-13(10(2)24-20-9)7-17(23)21-8-12(22)6-16(21)14-5-11(18)3-4-15(14)19/h3-5,12,16,22H,6-8H2,1-2H3/t12-,16+/m1/s1. The third-order valence-corrected chi connectivity index (χ3v) is 4.43. The highest BCUT2D eigenvalue weighted by Gasteiger charge is 2.37. The Kier molecular flexibility index (Phi) is 4.36. The third-order valence-electron chi connectivity index (χ3n) is 4.43. The minimum atomic E-state index is -0.772. The number of benzene rings is 1. The van der Waals surface area contributed by atoms with Gasteiger partial charge in [-0.2, -0.15) is 0 Å². The summed E-state index contributed by atoms with van der Waals surface area (Å²) < 4.78 is 32.6. The Balaban J connectivity index is 1.88. The largest absolute Gasteiger partial charge is 0.391 e. The molecule has 0 radical (unpaired) electrons. The first-order chi connectivity index (χ1) is 11.4. The van der Waals surface area contributed by atoms with E-state index in [1.165, 1.54) is 4.90 Å². The van der Waals surface area contributed by atoms with Gasteiger partial charge >= 0.3 is 0 Å². The lowest BCUT2D eigenvalue weighted by Crippen LogP contribution is -2.33. The van der Waals surface area contributed by atoms with Crippen LogP contribution in [0, 0.1) is 25.5 Å². The van der Waals surface area contributed by atoms with Crippen molar-refractivity contribution in [3.05, 3.63) is 52.4 Å². The van der Waals surface area contributed by atoms with Crippen molar-refractivity contribution in [2.75, 3.05) is 6.54 Å². The fourth-order valence-corrected chi connectivity index (χ4v) is 3.16. The van der Waals surface area contributed by atoms with Crippen molar-refractivity contribution in [2.24, 2.45) is 0 Å². The number of β-amino-alcohol motifs (C(OH)–C–C–N with tert-alkyl or cyclic N) is 1. The molecule has 0 unspecified atom stereocenters. The Morgan fingerprint density at radius 1 is 1.42 bits per heavy atom. The van der Waals surface area contributed by atoms with Gasteiger partial charge in [0.15, 0.2) is 0 Å². The number of rotatable bonds is 3. The first-order valence-electron chi connectivity index (χ1n) is 7.71. The van der Waals surface area contributed by atoms with E-state index in [-0.39, 0.29) is 30.9 Å². The number of nitrogens with zero attached hydrogens (tertiary/aromatic N) is 2. The summed E-state index contributed by atoms with van der Waals surface area (Å²) in [5.74, 6) is -0.903. The van der Waals surface area contributed by atoms with E-state index in [1.807, 2.05) is 0 Å². The molecule has 0 aliphatic carbocycles. The summed E-state index contributed by atoms with van der Waals surface area (Å²) in [6.07, 6.45) is -0.555. The van der Waals surface area contributed by atoms with Crippen molar-refractivity contribution in [3.8, 4) is 0 Å². The number of aliphatic hydroxyl groups is 1. The molecule has 0 spiro atoms. The second-order valence-electron chi connectivity index (χ2n) is 6.10. The maximum Gasteiger partial charge on any atom is 0.227 e. The molecule has 0 saturated carbocycles. The smallest absolute Gasteiger partial charge is 0.227 e. The van der Waals surface area contributed by atoms with Gasteiger partial charge in [0, 0.05) is 17.7 Å². The summed E-state index contributed by atoms with van der Waals surface area (Å²) in [6.45, 7) is 3.54. The summed E-state index contributed by atoms with van der Waals surface area (Å²) in [4.78, 5) is 14.1. The number of hydrogen-bond acceptors (Lipinski definition) is 4. The monoisotopic (exact) mass is 336 g/mol. The van der Waals surface area contributed by atoms with E-state index in [1.54, 1.807) is 13.8 Å². The minimum Gasteiger partial charge on any atom is -0.391 e. The van der Waals surface area contributed by atoms with Crippen molar-refractivity contribution in [3.63, 3.8) is 0 Å². The van der Waals surface area contributed by atoms with Gasteiger partial charge in [-0.05, 0) is 38.5 Å². The lowest BCUT2D eigenvalue weighted by Gasteiger charge is -2.25. The van der Waals surface area contributed by atoms with Gasteiger partial charge in [-0.3, -0.25) is 4.79 Å². The highest BCUT2D eigenvalue weighted by atomic mass is 19.1. The fraction of sp³-hybridized carbons (Fsp3) is 0.412. The van der Waals surface area contributed by atoms with Crippen LogP contribution in [0.4, 0.5) is 8.78 Å². The van der Waals surface area contributed by atoms with E-state index in [0.717, 1.165) is 18.2 Å².